The first-order valence-electron chi connectivity index (χ1n) is 4.37. The molecule has 0 fully saturated rings. The molecule has 0 aromatic carbocycles. The van der Waals surface area contributed by atoms with Crippen LogP contribution >= 0.6 is 11.3 Å². The van der Waals surface area contributed by atoms with Gasteiger partial charge in [0.25, 0.3) is 0 Å². The Kier molecular flexibility index (Phi) is 3.92. The molecule has 0 saturated heterocycles. The zero-order valence-electron chi connectivity index (χ0n) is 8.01. The van der Waals surface area contributed by atoms with Crippen molar-refractivity contribution in [3.05, 3.63) is 11.1 Å². The van der Waals surface area contributed by atoms with Gasteiger partial charge in [-0.05, 0) is 6.42 Å². The van der Waals surface area contributed by atoms with Gasteiger partial charge >= 0.3 is 6.18 Å². The van der Waals surface area contributed by atoms with E-state index in [4.69, 9.17) is 5.11 Å². The van der Waals surface area contributed by atoms with Crippen molar-refractivity contribution in [2.45, 2.75) is 25.6 Å². The number of aromatic nitrogens is 1. The minimum absolute atomic E-state index is 0.128. The zero-order chi connectivity index (χ0) is 11.5. The van der Waals surface area contributed by atoms with Crippen LogP contribution in [0.25, 0.3) is 0 Å². The lowest BCUT2D eigenvalue weighted by atomic mass is 10.2. The lowest BCUT2D eigenvalue weighted by molar-refractivity contribution is -0.140. The third-order valence-electron chi connectivity index (χ3n) is 1.84. The largest absolute Gasteiger partial charge is 0.434 e. The van der Waals surface area contributed by atoms with Crippen molar-refractivity contribution in [2.75, 3.05) is 11.9 Å². The van der Waals surface area contributed by atoms with Crippen molar-refractivity contribution in [3.63, 3.8) is 0 Å². The van der Waals surface area contributed by atoms with E-state index in [-0.39, 0.29) is 17.8 Å². The van der Waals surface area contributed by atoms with Crippen LogP contribution in [-0.4, -0.2) is 22.7 Å². The zero-order valence-corrected chi connectivity index (χ0v) is 8.82. The second-order valence-electron chi connectivity index (χ2n) is 2.97. The molecular weight excluding hydrogens is 229 g/mol. The summed E-state index contributed by atoms with van der Waals surface area (Å²) in [4.78, 5) is 3.39. The molecule has 7 heteroatoms. The number of thiazole rings is 1. The lowest BCUT2D eigenvalue weighted by Gasteiger charge is -2.12. The molecular formula is C8H11F3N2OS. The standard InChI is InChI=1S/C8H11F3N2OS/c1-2-5(3-14)12-7-13-6(4-15-7)8(9,10)11/h4-5,14H,2-3H2,1H3,(H,12,13). The molecule has 0 spiro atoms. The highest BCUT2D eigenvalue weighted by molar-refractivity contribution is 7.13. The first kappa shape index (κ1) is 12.3. The number of rotatable bonds is 4. The van der Waals surface area contributed by atoms with Crippen LogP contribution in [0.5, 0.6) is 0 Å². The van der Waals surface area contributed by atoms with Gasteiger partial charge < -0.3 is 10.4 Å². The van der Waals surface area contributed by atoms with Crippen LogP contribution in [0, 0.1) is 0 Å². The van der Waals surface area contributed by atoms with Gasteiger partial charge in [0.15, 0.2) is 10.8 Å². The molecule has 1 atom stereocenters. The average Bonchev–Trinajstić information content (AvgIpc) is 2.61. The lowest BCUT2D eigenvalue weighted by Crippen LogP contribution is -2.22. The van der Waals surface area contributed by atoms with Crippen LogP contribution < -0.4 is 5.32 Å². The predicted molar refractivity (Wildman–Crippen MR) is 51.9 cm³/mol. The number of aliphatic hydroxyl groups is 1. The van der Waals surface area contributed by atoms with Crippen molar-refractivity contribution in [1.29, 1.82) is 0 Å². The highest BCUT2D eigenvalue weighted by Gasteiger charge is 2.33. The monoisotopic (exact) mass is 240 g/mol. The average molecular weight is 240 g/mol. The maximum Gasteiger partial charge on any atom is 0.434 e. The van der Waals surface area contributed by atoms with E-state index in [1.807, 2.05) is 6.92 Å². The highest BCUT2D eigenvalue weighted by atomic mass is 32.1. The van der Waals surface area contributed by atoms with E-state index in [0.717, 1.165) is 16.7 Å². The van der Waals surface area contributed by atoms with Gasteiger partial charge in [0.05, 0.1) is 12.6 Å². The van der Waals surface area contributed by atoms with Gasteiger partial charge in [-0.25, -0.2) is 4.98 Å². The Hall–Kier alpha value is -0.820. The first-order valence-corrected chi connectivity index (χ1v) is 5.25. The summed E-state index contributed by atoms with van der Waals surface area (Å²) < 4.78 is 36.5. The van der Waals surface area contributed by atoms with Gasteiger partial charge in [-0.2, -0.15) is 13.2 Å². The molecule has 1 rings (SSSR count). The molecule has 0 aliphatic heterocycles. The van der Waals surface area contributed by atoms with E-state index in [9.17, 15) is 13.2 Å². The summed E-state index contributed by atoms with van der Waals surface area (Å²) in [5.74, 6) is 0. The molecule has 1 heterocycles. The summed E-state index contributed by atoms with van der Waals surface area (Å²) in [6.45, 7) is 1.70. The van der Waals surface area contributed by atoms with Crippen molar-refractivity contribution in [1.82, 2.24) is 4.98 Å². The molecule has 0 radical (unpaired) electrons. The summed E-state index contributed by atoms with van der Waals surface area (Å²) in [7, 11) is 0. The van der Waals surface area contributed by atoms with Crippen molar-refractivity contribution >= 4 is 16.5 Å². The number of nitrogens with zero attached hydrogens (tertiary/aromatic N) is 1. The highest BCUT2D eigenvalue weighted by Crippen LogP contribution is 2.31. The number of anilines is 1. The summed E-state index contributed by atoms with van der Waals surface area (Å²) in [5, 5.41) is 12.7. The van der Waals surface area contributed by atoms with Crippen LogP contribution in [0.4, 0.5) is 18.3 Å². The van der Waals surface area contributed by atoms with Gasteiger partial charge in [0.1, 0.15) is 0 Å². The van der Waals surface area contributed by atoms with Gasteiger partial charge in [0.2, 0.25) is 0 Å². The van der Waals surface area contributed by atoms with Gasteiger partial charge in [0, 0.05) is 5.38 Å². The number of hydrogen-bond donors (Lipinski definition) is 2. The SMILES string of the molecule is CCC(CO)Nc1nc(C(F)(F)F)cs1. The maximum absolute atomic E-state index is 12.2. The number of hydrogen-bond acceptors (Lipinski definition) is 4. The molecule has 1 aromatic rings. The minimum Gasteiger partial charge on any atom is -0.394 e. The van der Waals surface area contributed by atoms with E-state index in [0.29, 0.717) is 6.42 Å². The maximum atomic E-state index is 12.2. The predicted octanol–water partition coefficient (Wildman–Crippen LogP) is 2.34. The normalized spacial score (nSPS) is 13.9. The summed E-state index contributed by atoms with van der Waals surface area (Å²) in [5.41, 5.74) is -0.900. The summed E-state index contributed by atoms with van der Waals surface area (Å²) in [6, 6.07) is -0.253. The van der Waals surface area contributed by atoms with Crippen LogP contribution in [0.3, 0.4) is 0 Å². The first-order chi connectivity index (χ1) is 6.97. The molecule has 2 N–H and O–H groups in total. The van der Waals surface area contributed by atoms with Gasteiger partial charge in [-0.3, -0.25) is 0 Å². The van der Waals surface area contributed by atoms with Crippen molar-refractivity contribution in [2.24, 2.45) is 0 Å². The van der Waals surface area contributed by atoms with E-state index < -0.39 is 11.9 Å². The second-order valence-corrected chi connectivity index (χ2v) is 3.83. The third kappa shape index (κ3) is 3.35. The van der Waals surface area contributed by atoms with E-state index >= 15 is 0 Å². The number of halogens is 3. The molecule has 1 unspecified atom stereocenters. The molecule has 1 aromatic heterocycles. The molecule has 0 saturated carbocycles. The van der Waals surface area contributed by atoms with Crippen LogP contribution in [0.15, 0.2) is 5.38 Å². The Labute approximate surface area is 89.0 Å². The fraction of sp³-hybridized carbons (Fsp3) is 0.625. The molecule has 0 aliphatic rings. The number of alkyl halides is 3. The van der Waals surface area contributed by atoms with E-state index in [1.165, 1.54) is 0 Å². The molecule has 0 amide bonds. The summed E-state index contributed by atoms with van der Waals surface area (Å²) in [6.07, 6.45) is -3.78. The fourth-order valence-corrected chi connectivity index (χ4v) is 1.72. The molecule has 86 valence electrons. The number of aliphatic hydroxyl groups excluding tert-OH is 1. The number of nitrogens with one attached hydrogen (secondary N) is 1. The van der Waals surface area contributed by atoms with Crippen molar-refractivity contribution < 1.29 is 18.3 Å². The molecule has 3 nitrogen and oxygen atoms in total. The Morgan fingerprint density at radius 1 is 1.60 bits per heavy atom. The van der Waals surface area contributed by atoms with Crippen LogP contribution in [-0.2, 0) is 6.18 Å². The topological polar surface area (TPSA) is 45.1 Å². The van der Waals surface area contributed by atoms with E-state index in [2.05, 4.69) is 10.3 Å². The van der Waals surface area contributed by atoms with Gasteiger partial charge in [-0.1, -0.05) is 6.92 Å². The van der Waals surface area contributed by atoms with Crippen LogP contribution in [0.1, 0.15) is 19.0 Å². The Bertz CT molecular complexity index is 309. The fourth-order valence-electron chi connectivity index (χ4n) is 0.922. The van der Waals surface area contributed by atoms with Crippen LogP contribution in [0.2, 0.25) is 0 Å². The minimum atomic E-state index is -4.41. The van der Waals surface area contributed by atoms with E-state index in [1.54, 1.807) is 0 Å². The molecule has 15 heavy (non-hydrogen) atoms. The van der Waals surface area contributed by atoms with Crippen molar-refractivity contribution in [3.8, 4) is 0 Å². The Balaban J connectivity index is 2.68. The third-order valence-corrected chi connectivity index (χ3v) is 2.61. The summed E-state index contributed by atoms with van der Waals surface area (Å²) >= 11 is 0.882. The Morgan fingerprint density at radius 3 is 2.67 bits per heavy atom. The van der Waals surface area contributed by atoms with Gasteiger partial charge in [-0.15, -0.1) is 11.3 Å². The second kappa shape index (κ2) is 4.80. The Morgan fingerprint density at radius 2 is 2.27 bits per heavy atom. The smallest absolute Gasteiger partial charge is 0.394 e. The molecule has 0 aliphatic carbocycles. The quantitative estimate of drug-likeness (QED) is 0.849. The molecule has 0 bridgehead atoms.